The van der Waals surface area contributed by atoms with Crippen LogP contribution in [-0.4, -0.2) is 24.5 Å². The third-order valence-electron chi connectivity index (χ3n) is 5.08. The maximum atomic E-state index is 11.8. The summed E-state index contributed by atoms with van der Waals surface area (Å²) in [6.07, 6.45) is 3.95. The molecular formula is C23H23N5O3. The van der Waals surface area contributed by atoms with Crippen LogP contribution in [0.4, 0.5) is 0 Å². The Balaban J connectivity index is 1.46. The Bertz CT molecular complexity index is 1260. The SMILES string of the molecule is CC(Cc1ccccc1COCn1ccc(=O)[nH]c1=O)n1nncc1-c1ccccc1. The van der Waals surface area contributed by atoms with Crippen LogP contribution in [0.15, 0.2) is 82.6 Å². The van der Waals surface area contributed by atoms with Crippen molar-refractivity contribution in [2.45, 2.75) is 32.7 Å². The molecule has 2 aromatic heterocycles. The zero-order valence-electron chi connectivity index (χ0n) is 17.1. The average molecular weight is 417 g/mol. The highest BCUT2D eigenvalue weighted by Crippen LogP contribution is 2.24. The molecule has 31 heavy (non-hydrogen) atoms. The van der Waals surface area contributed by atoms with Crippen molar-refractivity contribution in [2.24, 2.45) is 0 Å². The summed E-state index contributed by atoms with van der Waals surface area (Å²) in [4.78, 5) is 25.2. The van der Waals surface area contributed by atoms with Crippen LogP contribution in [0.1, 0.15) is 24.1 Å². The van der Waals surface area contributed by atoms with Crippen molar-refractivity contribution in [1.82, 2.24) is 24.5 Å². The summed E-state index contributed by atoms with van der Waals surface area (Å²) < 4.78 is 8.99. The number of aromatic amines is 1. The lowest BCUT2D eigenvalue weighted by atomic mass is 10.0. The summed E-state index contributed by atoms with van der Waals surface area (Å²) in [6, 6.07) is 19.5. The molecule has 1 N–H and O–H groups in total. The van der Waals surface area contributed by atoms with E-state index in [0.29, 0.717) is 6.61 Å². The Hall–Kier alpha value is -3.78. The molecule has 0 aliphatic rings. The molecule has 0 spiro atoms. The van der Waals surface area contributed by atoms with Gasteiger partial charge in [-0.2, -0.15) is 0 Å². The maximum Gasteiger partial charge on any atom is 0.330 e. The van der Waals surface area contributed by atoms with E-state index in [4.69, 9.17) is 4.74 Å². The number of rotatable bonds is 8. The van der Waals surface area contributed by atoms with Gasteiger partial charge < -0.3 is 4.74 Å². The molecule has 4 rings (SSSR count). The minimum Gasteiger partial charge on any atom is -0.356 e. The van der Waals surface area contributed by atoms with Crippen LogP contribution in [0.3, 0.4) is 0 Å². The highest BCUT2D eigenvalue weighted by Gasteiger charge is 2.15. The van der Waals surface area contributed by atoms with Gasteiger partial charge in [-0.25, -0.2) is 9.48 Å². The second-order valence-electron chi connectivity index (χ2n) is 7.31. The molecule has 0 aliphatic heterocycles. The molecule has 0 fully saturated rings. The van der Waals surface area contributed by atoms with Crippen molar-refractivity contribution >= 4 is 0 Å². The summed E-state index contributed by atoms with van der Waals surface area (Å²) >= 11 is 0. The fourth-order valence-electron chi connectivity index (χ4n) is 3.49. The number of benzene rings is 2. The van der Waals surface area contributed by atoms with E-state index in [2.05, 4.69) is 28.3 Å². The van der Waals surface area contributed by atoms with E-state index in [1.807, 2.05) is 53.2 Å². The number of ether oxygens (including phenoxy) is 1. The summed E-state index contributed by atoms with van der Waals surface area (Å²) in [5, 5.41) is 8.42. The van der Waals surface area contributed by atoms with E-state index in [1.54, 1.807) is 6.20 Å². The van der Waals surface area contributed by atoms with Gasteiger partial charge >= 0.3 is 5.69 Å². The van der Waals surface area contributed by atoms with E-state index in [1.165, 1.54) is 16.8 Å². The molecule has 8 heteroatoms. The van der Waals surface area contributed by atoms with E-state index in [-0.39, 0.29) is 12.8 Å². The van der Waals surface area contributed by atoms with Gasteiger partial charge in [0, 0.05) is 17.8 Å². The molecule has 1 unspecified atom stereocenters. The second kappa shape index (κ2) is 9.36. The molecule has 0 bridgehead atoms. The molecular weight excluding hydrogens is 394 g/mol. The summed E-state index contributed by atoms with van der Waals surface area (Å²) in [5.74, 6) is 0. The quantitative estimate of drug-likeness (QED) is 0.476. The van der Waals surface area contributed by atoms with Gasteiger partial charge in [-0.1, -0.05) is 59.8 Å². The largest absolute Gasteiger partial charge is 0.356 e. The highest BCUT2D eigenvalue weighted by atomic mass is 16.5. The minimum absolute atomic E-state index is 0.0563. The number of aromatic nitrogens is 5. The Kier molecular flexibility index (Phi) is 6.18. The minimum atomic E-state index is -0.492. The van der Waals surface area contributed by atoms with Crippen LogP contribution < -0.4 is 11.2 Å². The van der Waals surface area contributed by atoms with Crippen molar-refractivity contribution < 1.29 is 4.74 Å². The molecule has 2 heterocycles. The van der Waals surface area contributed by atoms with Gasteiger partial charge in [0.1, 0.15) is 6.73 Å². The zero-order valence-corrected chi connectivity index (χ0v) is 17.1. The van der Waals surface area contributed by atoms with E-state index in [9.17, 15) is 9.59 Å². The number of hydrogen-bond donors (Lipinski definition) is 1. The fourth-order valence-corrected chi connectivity index (χ4v) is 3.49. The van der Waals surface area contributed by atoms with Crippen molar-refractivity contribution in [2.75, 3.05) is 0 Å². The predicted octanol–water partition coefficient (Wildman–Crippen LogP) is 2.77. The van der Waals surface area contributed by atoms with Crippen molar-refractivity contribution in [1.29, 1.82) is 0 Å². The lowest BCUT2D eigenvalue weighted by Gasteiger charge is -2.17. The third-order valence-corrected chi connectivity index (χ3v) is 5.08. The second-order valence-corrected chi connectivity index (χ2v) is 7.31. The van der Waals surface area contributed by atoms with Crippen LogP contribution in [0.25, 0.3) is 11.3 Å². The standard InChI is InChI=1S/C23H23N5O3/c1-17(28-21(14-24-26-28)18-7-3-2-4-8-18)13-19-9-5-6-10-20(19)15-31-16-27-12-11-22(29)25-23(27)30/h2-12,14,17H,13,15-16H2,1H3,(H,25,29,30). The zero-order chi connectivity index (χ0) is 21.6. The smallest absolute Gasteiger partial charge is 0.330 e. The Morgan fingerprint density at radius 2 is 1.74 bits per heavy atom. The molecule has 0 aliphatic carbocycles. The van der Waals surface area contributed by atoms with Gasteiger partial charge in [0.15, 0.2) is 0 Å². The van der Waals surface area contributed by atoms with E-state index >= 15 is 0 Å². The summed E-state index contributed by atoms with van der Waals surface area (Å²) in [6.45, 7) is 2.51. The van der Waals surface area contributed by atoms with Crippen LogP contribution >= 0.6 is 0 Å². The molecule has 1 atom stereocenters. The van der Waals surface area contributed by atoms with Crippen LogP contribution in [0.5, 0.6) is 0 Å². The highest BCUT2D eigenvalue weighted by molar-refractivity contribution is 5.58. The van der Waals surface area contributed by atoms with Gasteiger partial charge in [-0.05, 0) is 24.5 Å². The lowest BCUT2D eigenvalue weighted by molar-refractivity contribution is 0.0603. The normalized spacial score (nSPS) is 12.0. The first-order valence-electron chi connectivity index (χ1n) is 10.0. The van der Waals surface area contributed by atoms with Gasteiger partial charge in [0.2, 0.25) is 0 Å². The fraction of sp³-hybridized carbons (Fsp3) is 0.217. The number of hydrogen-bond acceptors (Lipinski definition) is 5. The molecule has 0 saturated carbocycles. The van der Waals surface area contributed by atoms with Gasteiger partial charge in [-0.3, -0.25) is 14.3 Å². The predicted molar refractivity (Wildman–Crippen MR) is 116 cm³/mol. The van der Waals surface area contributed by atoms with E-state index < -0.39 is 11.2 Å². The first-order valence-corrected chi connectivity index (χ1v) is 10.0. The maximum absolute atomic E-state index is 11.8. The topological polar surface area (TPSA) is 94.8 Å². The molecule has 4 aromatic rings. The lowest BCUT2D eigenvalue weighted by Crippen LogP contribution is -2.29. The van der Waals surface area contributed by atoms with Crippen molar-refractivity contribution in [3.63, 3.8) is 0 Å². The molecule has 8 nitrogen and oxygen atoms in total. The number of nitrogens with one attached hydrogen (secondary N) is 1. The average Bonchev–Trinajstić information content (AvgIpc) is 3.27. The van der Waals surface area contributed by atoms with E-state index in [0.717, 1.165) is 28.8 Å². The van der Waals surface area contributed by atoms with Gasteiger partial charge in [-0.15, -0.1) is 5.10 Å². The molecule has 0 radical (unpaired) electrons. The van der Waals surface area contributed by atoms with Crippen LogP contribution in [-0.2, 0) is 24.5 Å². The molecule has 158 valence electrons. The summed E-state index contributed by atoms with van der Waals surface area (Å²) in [5.41, 5.74) is 3.30. The first-order chi connectivity index (χ1) is 15.1. The van der Waals surface area contributed by atoms with Crippen molar-refractivity contribution in [3.8, 4) is 11.3 Å². The Labute approximate surface area is 178 Å². The third kappa shape index (κ3) is 4.87. The first kappa shape index (κ1) is 20.5. The Morgan fingerprint density at radius 3 is 2.52 bits per heavy atom. The summed E-state index contributed by atoms with van der Waals surface area (Å²) in [7, 11) is 0. The Morgan fingerprint density at radius 1 is 1.00 bits per heavy atom. The van der Waals surface area contributed by atoms with Crippen LogP contribution in [0.2, 0.25) is 0 Å². The van der Waals surface area contributed by atoms with Crippen LogP contribution in [0, 0.1) is 0 Å². The monoisotopic (exact) mass is 417 g/mol. The van der Waals surface area contributed by atoms with Gasteiger partial charge in [0.05, 0.1) is 24.5 Å². The van der Waals surface area contributed by atoms with Gasteiger partial charge in [0.25, 0.3) is 5.56 Å². The number of nitrogens with zero attached hydrogens (tertiary/aromatic N) is 4. The molecule has 0 amide bonds. The molecule has 0 saturated heterocycles. The van der Waals surface area contributed by atoms with Crippen molar-refractivity contribution in [3.05, 3.63) is 105 Å². The number of H-pyrrole nitrogens is 1. The molecule has 2 aromatic carbocycles.